The average Bonchev–Trinajstić information content (AvgIpc) is 3.21. The zero-order chi connectivity index (χ0) is 20.5. The molecule has 1 aromatic carbocycles. The smallest absolute Gasteiger partial charge is 0.256 e. The molecule has 3 aromatic rings. The summed E-state index contributed by atoms with van der Waals surface area (Å²) in [5.41, 5.74) is 0.572. The van der Waals surface area contributed by atoms with Crippen molar-refractivity contribution in [3.05, 3.63) is 52.9 Å². The molecule has 0 spiro atoms. The number of rotatable bonds is 5. The number of nitrogens with one attached hydrogen (secondary N) is 3. The number of sulfonamides is 1. The van der Waals surface area contributed by atoms with E-state index in [0.717, 1.165) is 10.6 Å². The average molecular weight is 419 g/mol. The predicted octanol–water partition coefficient (Wildman–Crippen LogP) is 3.78. The number of thiophene rings is 1. The molecule has 0 atom stereocenters. The maximum Gasteiger partial charge on any atom is 0.256 e. The van der Waals surface area contributed by atoms with Crippen molar-refractivity contribution >= 4 is 33.1 Å². The number of amides is 1. The first kappa shape index (κ1) is 20.2. The fourth-order valence-corrected chi connectivity index (χ4v) is 4.78. The molecule has 148 valence electrons. The van der Waals surface area contributed by atoms with Gasteiger partial charge in [0.2, 0.25) is 10.0 Å². The van der Waals surface area contributed by atoms with Crippen LogP contribution in [0.3, 0.4) is 0 Å². The number of aryl methyl sites for hydroxylation is 1. The van der Waals surface area contributed by atoms with Crippen LogP contribution in [-0.4, -0.2) is 30.1 Å². The zero-order valence-corrected chi connectivity index (χ0v) is 17.7. The molecule has 0 saturated heterocycles. The molecule has 1 amide bonds. The lowest BCUT2D eigenvalue weighted by Crippen LogP contribution is -2.40. The number of hydrogen-bond donors (Lipinski definition) is 3. The summed E-state index contributed by atoms with van der Waals surface area (Å²) in [5, 5.41) is 9.72. The molecule has 0 unspecified atom stereocenters. The van der Waals surface area contributed by atoms with Gasteiger partial charge in [0, 0.05) is 22.0 Å². The highest BCUT2D eigenvalue weighted by atomic mass is 32.2. The van der Waals surface area contributed by atoms with Crippen LogP contribution >= 0.6 is 11.3 Å². The number of benzene rings is 1. The van der Waals surface area contributed by atoms with Gasteiger partial charge in [-0.05, 0) is 64.1 Å². The van der Waals surface area contributed by atoms with Crippen LogP contribution in [0.5, 0.6) is 0 Å². The van der Waals surface area contributed by atoms with Gasteiger partial charge in [-0.1, -0.05) is 0 Å². The number of carbonyl (C=O) groups excluding carboxylic acids is 1. The van der Waals surface area contributed by atoms with Crippen molar-refractivity contribution in [1.82, 2.24) is 14.9 Å². The van der Waals surface area contributed by atoms with Crippen molar-refractivity contribution in [3.63, 3.8) is 0 Å². The fourth-order valence-electron chi connectivity index (χ4n) is 2.53. The van der Waals surface area contributed by atoms with Crippen LogP contribution in [0.2, 0.25) is 0 Å². The van der Waals surface area contributed by atoms with Gasteiger partial charge >= 0.3 is 0 Å². The zero-order valence-electron chi connectivity index (χ0n) is 16.0. The molecular formula is C19H22N4O3S2. The fraction of sp³-hybridized carbons (Fsp3) is 0.263. The predicted molar refractivity (Wildman–Crippen MR) is 111 cm³/mol. The highest BCUT2D eigenvalue weighted by molar-refractivity contribution is 7.89. The highest BCUT2D eigenvalue weighted by Crippen LogP contribution is 2.27. The summed E-state index contributed by atoms with van der Waals surface area (Å²) in [4.78, 5) is 14.8. The van der Waals surface area contributed by atoms with Gasteiger partial charge in [-0.25, -0.2) is 13.1 Å². The van der Waals surface area contributed by atoms with E-state index < -0.39 is 15.6 Å². The van der Waals surface area contributed by atoms with Gasteiger partial charge in [-0.2, -0.15) is 5.10 Å². The van der Waals surface area contributed by atoms with Crippen LogP contribution in [-0.2, 0) is 10.0 Å². The van der Waals surface area contributed by atoms with Gasteiger partial charge in [0.05, 0.1) is 15.5 Å². The van der Waals surface area contributed by atoms with E-state index in [0.29, 0.717) is 11.4 Å². The van der Waals surface area contributed by atoms with Gasteiger partial charge in [0.25, 0.3) is 5.91 Å². The number of aromatic amines is 1. The van der Waals surface area contributed by atoms with E-state index in [9.17, 15) is 13.2 Å². The largest absolute Gasteiger partial charge is 0.305 e. The Morgan fingerprint density at radius 3 is 2.36 bits per heavy atom. The third-order valence-corrected chi connectivity index (χ3v) is 6.50. The van der Waals surface area contributed by atoms with Crippen LogP contribution in [0.1, 0.15) is 36.0 Å². The Morgan fingerprint density at radius 2 is 1.79 bits per heavy atom. The molecule has 0 aliphatic carbocycles. The normalized spacial score (nSPS) is 12.1. The van der Waals surface area contributed by atoms with Crippen LogP contribution in [0, 0.1) is 6.92 Å². The molecule has 0 radical (unpaired) electrons. The number of aromatic nitrogens is 2. The monoisotopic (exact) mass is 418 g/mol. The van der Waals surface area contributed by atoms with Crippen LogP contribution < -0.4 is 10.0 Å². The molecule has 9 heteroatoms. The van der Waals surface area contributed by atoms with Crippen molar-refractivity contribution in [3.8, 4) is 10.6 Å². The number of carbonyl (C=O) groups is 1. The van der Waals surface area contributed by atoms with E-state index in [1.807, 2.05) is 19.1 Å². The molecule has 7 nitrogen and oxygen atoms in total. The Labute approximate surface area is 168 Å². The molecule has 0 aliphatic rings. The van der Waals surface area contributed by atoms with Crippen molar-refractivity contribution in [2.75, 3.05) is 5.32 Å². The first-order valence-electron chi connectivity index (χ1n) is 8.61. The lowest BCUT2D eigenvalue weighted by atomic mass is 10.1. The van der Waals surface area contributed by atoms with Crippen LogP contribution in [0.15, 0.2) is 47.4 Å². The van der Waals surface area contributed by atoms with Gasteiger partial charge < -0.3 is 5.32 Å². The van der Waals surface area contributed by atoms with Gasteiger partial charge in [0.1, 0.15) is 0 Å². The standard InChI is InChI=1S/C19H22N4O3S2/c1-12-5-10-16(27-12)15-11-17(22-21-15)20-18(24)13-6-8-14(9-7-13)28(25,26)23-19(2,3)4/h5-11,23H,1-4H3,(H2,20,21,22,24). The summed E-state index contributed by atoms with van der Waals surface area (Å²) in [6.07, 6.45) is 0. The first-order chi connectivity index (χ1) is 13.0. The Morgan fingerprint density at radius 1 is 1.11 bits per heavy atom. The van der Waals surface area contributed by atoms with E-state index >= 15 is 0 Å². The molecule has 0 saturated carbocycles. The van der Waals surface area contributed by atoms with E-state index in [2.05, 4.69) is 20.2 Å². The molecule has 0 aliphatic heterocycles. The molecule has 0 fully saturated rings. The Hall–Kier alpha value is -2.49. The maximum absolute atomic E-state index is 12.4. The summed E-state index contributed by atoms with van der Waals surface area (Å²) in [6.45, 7) is 7.32. The summed E-state index contributed by atoms with van der Waals surface area (Å²) in [5.74, 6) is 0.0327. The second-order valence-corrected chi connectivity index (χ2v) is 10.4. The van der Waals surface area contributed by atoms with E-state index in [4.69, 9.17) is 0 Å². The second-order valence-electron chi connectivity index (χ2n) is 7.41. The number of hydrogen-bond acceptors (Lipinski definition) is 5. The third-order valence-electron chi connectivity index (χ3n) is 3.69. The summed E-state index contributed by atoms with van der Waals surface area (Å²) in [7, 11) is -3.64. The van der Waals surface area contributed by atoms with Gasteiger partial charge in [0.15, 0.2) is 5.82 Å². The minimum Gasteiger partial charge on any atom is -0.305 e. The van der Waals surface area contributed by atoms with E-state index in [1.54, 1.807) is 38.2 Å². The van der Waals surface area contributed by atoms with Crippen molar-refractivity contribution < 1.29 is 13.2 Å². The summed E-state index contributed by atoms with van der Waals surface area (Å²) < 4.78 is 27.2. The SMILES string of the molecule is Cc1ccc(-c2cc(NC(=O)c3ccc(S(=O)(=O)NC(C)(C)C)cc3)n[nH]2)s1. The Bertz CT molecular complexity index is 1090. The van der Waals surface area contributed by atoms with Gasteiger partial charge in [-0.3, -0.25) is 9.89 Å². The van der Waals surface area contributed by atoms with E-state index in [-0.39, 0.29) is 10.8 Å². The summed E-state index contributed by atoms with van der Waals surface area (Å²) in [6, 6.07) is 11.5. The van der Waals surface area contributed by atoms with Crippen molar-refractivity contribution in [2.45, 2.75) is 38.1 Å². The van der Waals surface area contributed by atoms with E-state index in [1.165, 1.54) is 29.1 Å². The molecular weight excluding hydrogens is 396 g/mol. The van der Waals surface area contributed by atoms with Crippen molar-refractivity contribution in [1.29, 1.82) is 0 Å². The maximum atomic E-state index is 12.4. The highest BCUT2D eigenvalue weighted by Gasteiger charge is 2.22. The lowest BCUT2D eigenvalue weighted by Gasteiger charge is -2.20. The second kappa shape index (κ2) is 7.50. The third kappa shape index (κ3) is 4.86. The van der Waals surface area contributed by atoms with Crippen LogP contribution in [0.4, 0.5) is 5.82 Å². The Kier molecular flexibility index (Phi) is 5.42. The molecule has 0 bridgehead atoms. The summed E-state index contributed by atoms with van der Waals surface area (Å²) >= 11 is 1.63. The molecule has 2 aromatic heterocycles. The minimum atomic E-state index is -3.64. The number of anilines is 1. The lowest BCUT2D eigenvalue weighted by molar-refractivity contribution is 0.102. The number of H-pyrrole nitrogens is 1. The van der Waals surface area contributed by atoms with Crippen LogP contribution in [0.25, 0.3) is 10.6 Å². The molecule has 3 rings (SSSR count). The molecule has 2 heterocycles. The minimum absolute atomic E-state index is 0.106. The first-order valence-corrected chi connectivity index (χ1v) is 10.9. The Balaban J connectivity index is 1.71. The topological polar surface area (TPSA) is 104 Å². The molecule has 28 heavy (non-hydrogen) atoms. The van der Waals surface area contributed by atoms with Crippen molar-refractivity contribution in [2.24, 2.45) is 0 Å². The number of nitrogens with zero attached hydrogens (tertiary/aromatic N) is 1. The van der Waals surface area contributed by atoms with Gasteiger partial charge in [-0.15, -0.1) is 11.3 Å². The quantitative estimate of drug-likeness (QED) is 0.586. The molecule has 3 N–H and O–H groups in total.